The fourth-order valence-electron chi connectivity index (χ4n) is 1.16. The number of nitrogens with zero attached hydrogens (tertiary/aromatic N) is 5. The number of hydrogen-bond acceptors (Lipinski definition) is 5. The Morgan fingerprint density at radius 3 is 2.67 bits per heavy atom. The molecule has 84 valence electrons. The van der Waals surface area contributed by atoms with Gasteiger partial charge >= 0.3 is 5.97 Å². The molecule has 0 aromatic carbocycles. The molecule has 1 aromatic rings. The zero-order valence-corrected chi connectivity index (χ0v) is 9.08. The Morgan fingerprint density at radius 1 is 1.60 bits per heavy atom. The van der Waals surface area contributed by atoms with E-state index in [-0.39, 0.29) is 12.6 Å². The van der Waals surface area contributed by atoms with E-state index in [2.05, 4.69) is 15.4 Å². The molecule has 0 bridgehead atoms. The van der Waals surface area contributed by atoms with Crippen LogP contribution in [-0.2, 0) is 18.4 Å². The summed E-state index contributed by atoms with van der Waals surface area (Å²) in [4.78, 5) is 13.7. The molecule has 7 nitrogen and oxygen atoms in total. The van der Waals surface area contributed by atoms with Gasteiger partial charge in [0.2, 0.25) is 0 Å². The standard InChI is InChI=1S/C8H15N5O2/c1-6(2)13(5-8(14)15)4-7-9-11-12(3)10-7/h6H,4-5H2,1-3H3,(H,14,15). The zero-order valence-electron chi connectivity index (χ0n) is 9.08. The van der Waals surface area contributed by atoms with E-state index in [0.29, 0.717) is 12.4 Å². The van der Waals surface area contributed by atoms with E-state index in [9.17, 15) is 4.79 Å². The van der Waals surface area contributed by atoms with Crippen molar-refractivity contribution in [2.75, 3.05) is 6.54 Å². The Hall–Kier alpha value is -1.50. The summed E-state index contributed by atoms with van der Waals surface area (Å²) in [7, 11) is 1.67. The topological polar surface area (TPSA) is 84.1 Å². The largest absolute Gasteiger partial charge is 0.480 e. The molecule has 0 fully saturated rings. The lowest BCUT2D eigenvalue weighted by Gasteiger charge is -2.22. The van der Waals surface area contributed by atoms with Crippen LogP contribution in [0.15, 0.2) is 0 Å². The Kier molecular flexibility index (Phi) is 3.73. The first kappa shape index (κ1) is 11.6. The van der Waals surface area contributed by atoms with Gasteiger partial charge in [-0.05, 0) is 19.1 Å². The van der Waals surface area contributed by atoms with Gasteiger partial charge in [-0.1, -0.05) is 0 Å². The van der Waals surface area contributed by atoms with Gasteiger partial charge in [-0.25, -0.2) is 0 Å². The average molecular weight is 213 g/mol. The van der Waals surface area contributed by atoms with Crippen LogP contribution in [-0.4, -0.2) is 48.8 Å². The number of rotatable bonds is 5. The van der Waals surface area contributed by atoms with Crippen LogP contribution in [0.1, 0.15) is 19.7 Å². The Labute approximate surface area is 87.7 Å². The summed E-state index contributed by atoms with van der Waals surface area (Å²) in [5, 5.41) is 20.2. The number of carboxylic acids is 1. The number of aliphatic carboxylic acids is 1. The fourth-order valence-corrected chi connectivity index (χ4v) is 1.16. The first-order chi connectivity index (χ1) is 6.99. The number of tetrazole rings is 1. The van der Waals surface area contributed by atoms with Gasteiger partial charge in [0, 0.05) is 6.04 Å². The highest BCUT2D eigenvalue weighted by Crippen LogP contribution is 2.02. The minimum atomic E-state index is -0.854. The van der Waals surface area contributed by atoms with Crippen LogP contribution in [0, 0.1) is 0 Å². The average Bonchev–Trinajstić information content (AvgIpc) is 2.49. The second kappa shape index (κ2) is 4.83. The van der Waals surface area contributed by atoms with Gasteiger partial charge in [0.15, 0.2) is 5.82 Å². The van der Waals surface area contributed by atoms with Gasteiger partial charge in [-0.2, -0.15) is 4.80 Å². The van der Waals surface area contributed by atoms with Gasteiger partial charge in [-0.15, -0.1) is 10.2 Å². The van der Waals surface area contributed by atoms with Crippen LogP contribution in [0.2, 0.25) is 0 Å². The highest BCUT2D eigenvalue weighted by Gasteiger charge is 2.15. The van der Waals surface area contributed by atoms with E-state index >= 15 is 0 Å². The molecule has 15 heavy (non-hydrogen) atoms. The van der Waals surface area contributed by atoms with Crippen LogP contribution in [0.25, 0.3) is 0 Å². The molecule has 0 aliphatic rings. The first-order valence-corrected chi connectivity index (χ1v) is 4.67. The van der Waals surface area contributed by atoms with Crippen LogP contribution in [0.4, 0.5) is 0 Å². The van der Waals surface area contributed by atoms with Crippen molar-refractivity contribution in [2.45, 2.75) is 26.4 Å². The van der Waals surface area contributed by atoms with Crippen molar-refractivity contribution in [3.05, 3.63) is 5.82 Å². The normalized spacial score (nSPS) is 11.3. The third-order valence-electron chi connectivity index (χ3n) is 1.96. The van der Waals surface area contributed by atoms with Crippen molar-refractivity contribution in [1.82, 2.24) is 25.1 Å². The smallest absolute Gasteiger partial charge is 0.317 e. The van der Waals surface area contributed by atoms with Crippen LogP contribution < -0.4 is 0 Å². The van der Waals surface area contributed by atoms with E-state index in [1.54, 1.807) is 11.9 Å². The molecule has 0 spiro atoms. The third kappa shape index (κ3) is 3.62. The van der Waals surface area contributed by atoms with E-state index in [4.69, 9.17) is 5.11 Å². The van der Waals surface area contributed by atoms with Gasteiger partial charge in [0.05, 0.1) is 20.1 Å². The van der Waals surface area contributed by atoms with E-state index in [1.807, 2.05) is 13.8 Å². The van der Waals surface area contributed by atoms with E-state index < -0.39 is 5.97 Å². The Balaban J connectivity index is 2.62. The summed E-state index contributed by atoms with van der Waals surface area (Å²) in [6, 6.07) is 0.130. The van der Waals surface area contributed by atoms with Gasteiger partial charge in [0.1, 0.15) is 0 Å². The lowest BCUT2D eigenvalue weighted by molar-refractivity contribution is -0.139. The van der Waals surface area contributed by atoms with Gasteiger partial charge < -0.3 is 5.11 Å². The summed E-state index contributed by atoms with van der Waals surface area (Å²) in [5.41, 5.74) is 0. The summed E-state index contributed by atoms with van der Waals surface area (Å²) < 4.78 is 0. The van der Waals surface area contributed by atoms with Crippen molar-refractivity contribution in [1.29, 1.82) is 0 Å². The molecule has 1 heterocycles. The van der Waals surface area contributed by atoms with Crippen molar-refractivity contribution in [3.63, 3.8) is 0 Å². The van der Waals surface area contributed by atoms with Crippen molar-refractivity contribution < 1.29 is 9.90 Å². The van der Waals surface area contributed by atoms with Crippen molar-refractivity contribution in [3.8, 4) is 0 Å². The molecular formula is C8H15N5O2. The fraction of sp³-hybridized carbons (Fsp3) is 0.750. The molecule has 0 saturated heterocycles. The second-order valence-electron chi connectivity index (χ2n) is 3.59. The molecule has 1 rings (SSSR count). The lowest BCUT2D eigenvalue weighted by Crippen LogP contribution is -2.35. The highest BCUT2D eigenvalue weighted by molar-refractivity contribution is 5.69. The third-order valence-corrected chi connectivity index (χ3v) is 1.96. The molecule has 7 heteroatoms. The first-order valence-electron chi connectivity index (χ1n) is 4.67. The van der Waals surface area contributed by atoms with Gasteiger partial charge in [0.25, 0.3) is 0 Å². The molecule has 1 N–H and O–H groups in total. The molecule has 0 unspecified atom stereocenters. The van der Waals surface area contributed by atoms with E-state index in [0.717, 1.165) is 0 Å². The highest BCUT2D eigenvalue weighted by atomic mass is 16.4. The minimum Gasteiger partial charge on any atom is -0.480 e. The summed E-state index contributed by atoms with van der Waals surface area (Å²) >= 11 is 0. The summed E-state index contributed by atoms with van der Waals surface area (Å²) in [6.45, 7) is 4.24. The number of hydrogen-bond donors (Lipinski definition) is 1. The quantitative estimate of drug-likeness (QED) is 0.710. The maximum absolute atomic E-state index is 10.6. The molecule has 0 aliphatic carbocycles. The maximum Gasteiger partial charge on any atom is 0.317 e. The minimum absolute atomic E-state index is 0.0179. The Bertz CT molecular complexity index is 336. The number of aromatic nitrogens is 4. The molecule has 0 saturated carbocycles. The lowest BCUT2D eigenvalue weighted by atomic mass is 10.3. The monoisotopic (exact) mass is 213 g/mol. The zero-order chi connectivity index (χ0) is 11.4. The Morgan fingerprint density at radius 2 is 2.27 bits per heavy atom. The van der Waals surface area contributed by atoms with Crippen LogP contribution >= 0.6 is 0 Å². The maximum atomic E-state index is 10.6. The molecule has 0 amide bonds. The molecular weight excluding hydrogens is 198 g/mol. The van der Waals surface area contributed by atoms with E-state index in [1.165, 1.54) is 4.80 Å². The number of carboxylic acid groups (broad SMARTS) is 1. The SMILES string of the molecule is CC(C)N(CC(=O)O)Cc1nnn(C)n1. The summed E-state index contributed by atoms with van der Waals surface area (Å²) in [5.74, 6) is -0.319. The molecule has 0 atom stereocenters. The number of carbonyl (C=O) groups is 1. The predicted octanol–water partition coefficient (Wildman–Crippen LogP) is -0.495. The van der Waals surface area contributed by atoms with Crippen LogP contribution in [0.3, 0.4) is 0 Å². The summed E-state index contributed by atoms with van der Waals surface area (Å²) in [6.07, 6.45) is 0. The molecule has 1 aromatic heterocycles. The van der Waals surface area contributed by atoms with Gasteiger partial charge in [-0.3, -0.25) is 9.69 Å². The molecule has 0 aliphatic heterocycles. The van der Waals surface area contributed by atoms with Crippen molar-refractivity contribution >= 4 is 5.97 Å². The predicted molar refractivity (Wildman–Crippen MR) is 52.0 cm³/mol. The number of aryl methyl sites for hydroxylation is 1. The molecule has 0 radical (unpaired) electrons. The second-order valence-corrected chi connectivity index (χ2v) is 3.59. The van der Waals surface area contributed by atoms with Crippen molar-refractivity contribution in [2.24, 2.45) is 7.05 Å². The van der Waals surface area contributed by atoms with Crippen LogP contribution in [0.5, 0.6) is 0 Å².